The number of ether oxygens (including phenoxy) is 2. The van der Waals surface area contributed by atoms with Gasteiger partial charge in [-0.1, -0.05) is 45.0 Å². The van der Waals surface area contributed by atoms with E-state index in [2.05, 4.69) is 26.1 Å². The Morgan fingerprint density at radius 1 is 1.03 bits per heavy atom. The summed E-state index contributed by atoms with van der Waals surface area (Å²) in [6, 6.07) is 14.8. The summed E-state index contributed by atoms with van der Waals surface area (Å²) < 4.78 is 11.2. The van der Waals surface area contributed by atoms with E-state index in [1.165, 1.54) is 5.56 Å². The minimum Gasteiger partial charge on any atom is -0.481 e. The van der Waals surface area contributed by atoms with Crippen LogP contribution in [-0.2, 0) is 26.2 Å². The minimum absolute atomic E-state index is 0.0480. The molecule has 0 saturated heterocycles. The van der Waals surface area contributed by atoms with E-state index in [9.17, 15) is 14.7 Å². The molecule has 2 N–H and O–H groups in total. The van der Waals surface area contributed by atoms with Crippen LogP contribution in [0.3, 0.4) is 0 Å². The van der Waals surface area contributed by atoms with Gasteiger partial charge in [0.05, 0.1) is 6.10 Å². The maximum Gasteiger partial charge on any atom is 0.333 e. The van der Waals surface area contributed by atoms with Crippen molar-refractivity contribution in [1.82, 2.24) is 0 Å². The third-order valence-electron chi connectivity index (χ3n) is 4.73. The Balaban J connectivity index is 2.00. The van der Waals surface area contributed by atoms with Gasteiger partial charge in [-0.25, -0.2) is 4.79 Å². The fourth-order valence-electron chi connectivity index (χ4n) is 3.05. The molecule has 6 nitrogen and oxygen atoms in total. The molecular formula is C25H33NO5. The van der Waals surface area contributed by atoms with E-state index in [0.29, 0.717) is 11.4 Å². The average Bonchev–Trinajstić information content (AvgIpc) is 2.67. The number of anilines is 1. The van der Waals surface area contributed by atoms with Crippen molar-refractivity contribution in [3.05, 3.63) is 59.7 Å². The van der Waals surface area contributed by atoms with Gasteiger partial charge in [0, 0.05) is 12.1 Å². The van der Waals surface area contributed by atoms with Crippen molar-refractivity contribution >= 4 is 17.6 Å². The molecule has 2 aromatic carbocycles. The van der Waals surface area contributed by atoms with Gasteiger partial charge in [-0.05, 0) is 61.6 Å². The summed E-state index contributed by atoms with van der Waals surface area (Å²) in [5.74, 6) is -0.674. The first-order valence-electron chi connectivity index (χ1n) is 10.5. The highest BCUT2D eigenvalue weighted by Gasteiger charge is 2.21. The highest BCUT2D eigenvalue weighted by Crippen LogP contribution is 2.25. The van der Waals surface area contributed by atoms with Crippen molar-refractivity contribution in [2.75, 3.05) is 5.32 Å². The average molecular weight is 428 g/mol. The number of amides is 1. The molecule has 0 spiro atoms. The number of carboxylic acid groups (broad SMARTS) is 1. The van der Waals surface area contributed by atoms with Crippen LogP contribution >= 0.6 is 0 Å². The van der Waals surface area contributed by atoms with Gasteiger partial charge < -0.3 is 19.9 Å². The SMILES string of the molecule is CC(C)OC(Cc1cccc(NC(=O)C(C)Oc2ccc(C(C)(C)C)cc2)c1)C(=O)O. The van der Waals surface area contributed by atoms with Crippen LogP contribution in [0.2, 0.25) is 0 Å². The van der Waals surface area contributed by atoms with Crippen molar-refractivity contribution in [2.45, 2.75) is 71.7 Å². The molecule has 0 saturated carbocycles. The number of benzene rings is 2. The van der Waals surface area contributed by atoms with Crippen molar-refractivity contribution in [2.24, 2.45) is 0 Å². The first-order valence-corrected chi connectivity index (χ1v) is 10.5. The molecule has 6 heteroatoms. The lowest BCUT2D eigenvalue weighted by Gasteiger charge is -2.20. The zero-order chi connectivity index (χ0) is 23.2. The molecule has 0 radical (unpaired) electrons. The van der Waals surface area contributed by atoms with Gasteiger partial charge in [-0.2, -0.15) is 0 Å². The standard InChI is InChI=1S/C25H33NO5/c1-16(2)30-22(24(28)29)15-18-8-7-9-20(14-18)26-23(27)17(3)31-21-12-10-19(11-13-21)25(4,5)6/h7-14,16-17,22H,15H2,1-6H3,(H,26,27)(H,28,29). The number of carboxylic acids is 1. The lowest BCUT2D eigenvalue weighted by molar-refractivity contribution is -0.153. The lowest BCUT2D eigenvalue weighted by atomic mass is 9.87. The number of aliphatic carboxylic acids is 1. The van der Waals surface area contributed by atoms with Gasteiger partial charge in [-0.3, -0.25) is 4.79 Å². The molecule has 2 aromatic rings. The van der Waals surface area contributed by atoms with Crippen LogP contribution in [-0.4, -0.2) is 35.3 Å². The molecule has 0 aliphatic rings. The third kappa shape index (κ3) is 7.72. The largest absolute Gasteiger partial charge is 0.481 e. The molecule has 0 fully saturated rings. The lowest BCUT2D eigenvalue weighted by Crippen LogP contribution is -2.30. The van der Waals surface area contributed by atoms with Crippen LogP contribution in [0.5, 0.6) is 5.75 Å². The van der Waals surface area contributed by atoms with E-state index in [1.54, 1.807) is 39.0 Å². The van der Waals surface area contributed by atoms with Crippen LogP contribution in [0.25, 0.3) is 0 Å². The fraction of sp³-hybridized carbons (Fsp3) is 0.440. The Kier molecular flexibility index (Phi) is 8.22. The zero-order valence-corrected chi connectivity index (χ0v) is 19.1. The molecule has 168 valence electrons. The second-order valence-electron chi connectivity index (χ2n) is 8.94. The van der Waals surface area contributed by atoms with Gasteiger partial charge in [-0.15, -0.1) is 0 Å². The minimum atomic E-state index is -1.01. The molecular weight excluding hydrogens is 394 g/mol. The first-order chi connectivity index (χ1) is 14.5. The molecule has 2 rings (SSSR count). The zero-order valence-electron chi connectivity index (χ0n) is 19.1. The molecule has 31 heavy (non-hydrogen) atoms. The van der Waals surface area contributed by atoms with Crippen LogP contribution < -0.4 is 10.1 Å². The monoisotopic (exact) mass is 427 g/mol. The molecule has 0 aromatic heterocycles. The molecule has 1 amide bonds. The third-order valence-corrected chi connectivity index (χ3v) is 4.73. The number of carbonyl (C=O) groups is 2. The normalized spacial score (nSPS) is 13.5. The summed E-state index contributed by atoms with van der Waals surface area (Å²) in [7, 11) is 0. The van der Waals surface area contributed by atoms with Crippen molar-refractivity contribution in [3.63, 3.8) is 0 Å². The topological polar surface area (TPSA) is 84.9 Å². The Bertz CT molecular complexity index is 884. The van der Waals surface area contributed by atoms with E-state index in [1.807, 2.05) is 30.3 Å². The van der Waals surface area contributed by atoms with Gasteiger partial charge >= 0.3 is 5.97 Å². The number of rotatable bonds is 9. The van der Waals surface area contributed by atoms with E-state index in [4.69, 9.17) is 9.47 Å². The number of hydrogen-bond acceptors (Lipinski definition) is 4. The summed E-state index contributed by atoms with van der Waals surface area (Å²) in [5, 5.41) is 12.2. The smallest absolute Gasteiger partial charge is 0.333 e. The highest BCUT2D eigenvalue weighted by molar-refractivity contribution is 5.94. The van der Waals surface area contributed by atoms with Crippen LogP contribution in [0.1, 0.15) is 52.7 Å². The van der Waals surface area contributed by atoms with Crippen molar-refractivity contribution in [1.29, 1.82) is 0 Å². The maximum atomic E-state index is 12.6. The second-order valence-corrected chi connectivity index (χ2v) is 8.94. The van der Waals surface area contributed by atoms with Gasteiger partial charge in [0.25, 0.3) is 5.91 Å². The number of nitrogens with one attached hydrogen (secondary N) is 1. The van der Waals surface area contributed by atoms with Crippen LogP contribution in [0.15, 0.2) is 48.5 Å². The van der Waals surface area contributed by atoms with E-state index < -0.39 is 18.2 Å². The predicted octanol–water partition coefficient (Wildman–Crippen LogP) is 4.81. The summed E-state index contributed by atoms with van der Waals surface area (Å²) in [6.07, 6.45) is -1.62. The first kappa shape index (κ1) is 24.4. The number of hydrogen-bond donors (Lipinski definition) is 2. The molecule has 0 aliphatic heterocycles. The van der Waals surface area contributed by atoms with Crippen LogP contribution in [0.4, 0.5) is 5.69 Å². The van der Waals surface area contributed by atoms with Gasteiger partial charge in [0.2, 0.25) is 0 Å². The predicted molar refractivity (Wildman–Crippen MR) is 122 cm³/mol. The molecule has 0 aliphatic carbocycles. The summed E-state index contributed by atoms with van der Waals surface area (Å²) >= 11 is 0. The van der Waals surface area contributed by atoms with Crippen molar-refractivity contribution in [3.8, 4) is 5.75 Å². The van der Waals surface area contributed by atoms with E-state index >= 15 is 0 Å². The van der Waals surface area contributed by atoms with Gasteiger partial charge in [0.15, 0.2) is 12.2 Å². The Labute approximate surface area is 184 Å². The Morgan fingerprint density at radius 2 is 1.68 bits per heavy atom. The van der Waals surface area contributed by atoms with Crippen LogP contribution in [0, 0.1) is 0 Å². The Morgan fingerprint density at radius 3 is 2.23 bits per heavy atom. The van der Waals surface area contributed by atoms with E-state index in [-0.39, 0.29) is 23.8 Å². The number of carbonyl (C=O) groups excluding carboxylic acids is 1. The molecule has 0 bridgehead atoms. The second kappa shape index (κ2) is 10.4. The molecule has 2 atom stereocenters. The van der Waals surface area contributed by atoms with Crippen molar-refractivity contribution < 1.29 is 24.2 Å². The van der Waals surface area contributed by atoms with Gasteiger partial charge in [0.1, 0.15) is 5.75 Å². The molecule has 2 unspecified atom stereocenters. The van der Waals surface area contributed by atoms with E-state index in [0.717, 1.165) is 5.56 Å². The fourth-order valence-corrected chi connectivity index (χ4v) is 3.05. The summed E-state index contributed by atoms with van der Waals surface area (Å²) in [6.45, 7) is 11.7. The highest BCUT2D eigenvalue weighted by atomic mass is 16.5. The summed E-state index contributed by atoms with van der Waals surface area (Å²) in [4.78, 5) is 24.0. The maximum absolute atomic E-state index is 12.6. The quantitative estimate of drug-likeness (QED) is 0.600. The summed E-state index contributed by atoms with van der Waals surface area (Å²) in [5.41, 5.74) is 2.58. The Hall–Kier alpha value is -2.86. The molecule has 0 heterocycles.